The Morgan fingerprint density at radius 3 is 2.85 bits per heavy atom. The molecular formula is C14H14FN3O2. The third-order valence-electron chi connectivity index (χ3n) is 2.73. The van der Waals surface area contributed by atoms with Gasteiger partial charge < -0.3 is 10.1 Å². The van der Waals surface area contributed by atoms with Crippen molar-refractivity contribution in [3.63, 3.8) is 0 Å². The molecule has 6 heteroatoms. The average molecular weight is 275 g/mol. The molecule has 0 bridgehead atoms. The minimum absolute atomic E-state index is 0.215. The van der Waals surface area contributed by atoms with Crippen LogP contribution in [0.5, 0.6) is 0 Å². The van der Waals surface area contributed by atoms with Gasteiger partial charge in [-0.2, -0.15) is 0 Å². The van der Waals surface area contributed by atoms with Crippen molar-refractivity contribution in [1.29, 1.82) is 0 Å². The molecule has 0 aliphatic heterocycles. The van der Waals surface area contributed by atoms with Crippen molar-refractivity contribution in [3.8, 4) is 0 Å². The fraction of sp³-hybridized carbons (Fsp3) is 0.214. The molecule has 1 N–H and O–H groups in total. The smallest absolute Gasteiger partial charge is 0.337 e. The van der Waals surface area contributed by atoms with Crippen LogP contribution >= 0.6 is 0 Å². The number of nitrogens with one attached hydrogen (secondary N) is 1. The maximum atomic E-state index is 13.7. The van der Waals surface area contributed by atoms with Crippen LogP contribution in [0.4, 0.5) is 10.2 Å². The highest BCUT2D eigenvalue weighted by Crippen LogP contribution is 2.13. The van der Waals surface area contributed by atoms with Crippen LogP contribution in [-0.2, 0) is 11.3 Å². The van der Waals surface area contributed by atoms with Crippen LogP contribution in [0.25, 0.3) is 0 Å². The first-order valence-electron chi connectivity index (χ1n) is 5.99. The predicted molar refractivity (Wildman–Crippen MR) is 71.8 cm³/mol. The largest absolute Gasteiger partial charge is 0.465 e. The molecule has 0 atom stereocenters. The SMILES string of the molecule is COC(=O)c1ccc(F)c(CNc2cc(C)ncn2)c1. The molecule has 0 saturated carbocycles. The van der Waals surface area contributed by atoms with Gasteiger partial charge in [0.1, 0.15) is 18.0 Å². The second-order valence-corrected chi connectivity index (χ2v) is 4.20. The molecule has 0 unspecified atom stereocenters. The summed E-state index contributed by atoms with van der Waals surface area (Å²) >= 11 is 0. The molecule has 0 aliphatic rings. The van der Waals surface area contributed by atoms with E-state index >= 15 is 0 Å². The molecule has 0 aliphatic carbocycles. The quantitative estimate of drug-likeness (QED) is 0.867. The number of halogens is 1. The van der Waals surface area contributed by atoms with Gasteiger partial charge in [-0.3, -0.25) is 0 Å². The fourth-order valence-corrected chi connectivity index (χ4v) is 1.69. The zero-order chi connectivity index (χ0) is 14.5. The Kier molecular flexibility index (Phi) is 4.24. The number of ether oxygens (including phenoxy) is 1. The van der Waals surface area contributed by atoms with Gasteiger partial charge in [-0.15, -0.1) is 0 Å². The van der Waals surface area contributed by atoms with Gasteiger partial charge in [0, 0.05) is 23.9 Å². The monoisotopic (exact) mass is 275 g/mol. The summed E-state index contributed by atoms with van der Waals surface area (Å²) in [6.45, 7) is 2.05. The van der Waals surface area contributed by atoms with Gasteiger partial charge in [0.2, 0.25) is 0 Å². The van der Waals surface area contributed by atoms with Gasteiger partial charge >= 0.3 is 5.97 Å². The van der Waals surface area contributed by atoms with Gasteiger partial charge in [0.05, 0.1) is 12.7 Å². The number of methoxy groups -OCH3 is 1. The Labute approximate surface area is 115 Å². The molecule has 1 aromatic heterocycles. The van der Waals surface area contributed by atoms with Crippen LogP contribution < -0.4 is 5.32 Å². The Morgan fingerprint density at radius 2 is 2.15 bits per heavy atom. The highest BCUT2D eigenvalue weighted by atomic mass is 19.1. The lowest BCUT2D eigenvalue weighted by Crippen LogP contribution is -2.07. The van der Waals surface area contributed by atoms with Crippen molar-refractivity contribution in [1.82, 2.24) is 9.97 Å². The molecule has 20 heavy (non-hydrogen) atoms. The molecule has 2 aromatic rings. The molecule has 1 aromatic carbocycles. The number of aromatic nitrogens is 2. The number of hydrogen-bond donors (Lipinski definition) is 1. The summed E-state index contributed by atoms with van der Waals surface area (Å²) in [6, 6.07) is 5.85. The Balaban J connectivity index is 2.14. The molecule has 0 saturated heterocycles. The first-order chi connectivity index (χ1) is 9.60. The Hall–Kier alpha value is -2.50. The summed E-state index contributed by atoms with van der Waals surface area (Å²) in [6.07, 6.45) is 1.43. The Bertz CT molecular complexity index is 632. The minimum Gasteiger partial charge on any atom is -0.465 e. The number of aryl methyl sites for hydroxylation is 1. The minimum atomic E-state index is -0.496. The summed E-state index contributed by atoms with van der Waals surface area (Å²) in [5.74, 6) is -0.291. The fourth-order valence-electron chi connectivity index (χ4n) is 1.69. The average Bonchev–Trinajstić information content (AvgIpc) is 2.45. The zero-order valence-electron chi connectivity index (χ0n) is 11.2. The van der Waals surface area contributed by atoms with Crippen LogP contribution in [0.3, 0.4) is 0 Å². The van der Waals surface area contributed by atoms with E-state index in [0.29, 0.717) is 16.9 Å². The zero-order valence-corrected chi connectivity index (χ0v) is 11.2. The standard InChI is InChI=1S/C14H14FN3O2/c1-9-5-13(18-8-17-9)16-7-11-6-10(14(19)20-2)3-4-12(11)15/h3-6,8H,7H2,1-2H3,(H,16,17,18). The summed E-state index contributed by atoms with van der Waals surface area (Å²) in [5, 5.41) is 2.98. The van der Waals surface area contributed by atoms with E-state index in [-0.39, 0.29) is 6.54 Å². The summed E-state index contributed by atoms with van der Waals surface area (Å²) in [7, 11) is 1.28. The van der Waals surface area contributed by atoms with Crippen LogP contribution in [0, 0.1) is 12.7 Å². The van der Waals surface area contributed by atoms with Crippen molar-refractivity contribution in [2.75, 3.05) is 12.4 Å². The van der Waals surface area contributed by atoms with Crippen LogP contribution in [0.1, 0.15) is 21.6 Å². The van der Waals surface area contributed by atoms with E-state index < -0.39 is 11.8 Å². The number of carbonyl (C=O) groups is 1. The highest BCUT2D eigenvalue weighted by Gasteiger charge is 2.10. The number of anilines is 1. The van der Waals surface area contributed by atoms with Gasteiger partial charge in [-0.1, -0.05) is 0 Å². The summed E-state index contributed by atoms with van der Waals surface area (Å²) in [4.78, 5) is 19.4. The molecule has 0 radical (unpaired) electrons. The van der Waals surface area contributed by atoms with Gasteiger partial charge in [0.15, 0.2) is 0 Å². The van der Waals surface area contributed by atoms with Crippen LogP contribution in [0.2, 0.25) is 0 Å². The van der Waals surface area contributed by atoms with Gasteiger partial charge in [0.25, 0.3) is 0 Å². The number of rotatable bonds is 4. The van der Waals surface area contributed by atoms with E-state index in [4.69, 9.17) is 0 Å². The van der Waals surface area contributed by atoms with E-state index in [0.717, 1.165) is 5.69 Å². The number of hydrogen-bond acceptors (Lipinski definition) is 5. The van der Waals surface area contributed by atoms with Gasteiger partial charge in [-0.05, 0) is 25.1 Å². The number of carbonyl (C=O) groups excluding carboxylic acids is 1. The van der Waals surface area contributed by atoms with E-state index in [1.807, 2.05) is 6.92 Å². The normalized spacial score (nSPS) is 10.2. The number of nitrogens with zero attached hydrogens (tertiary/aromatic N) is 2. The molecule has 5 nitrogen and oxygen atoms in total. The number of esters is 1. The lowest BCUT2D eigenvalue weighted by molar-refractivity contribution is 0.0600. The predicted octanol–water partition coefficient (Wildman–Crippen LogP) is 2.32. The Morgan fingerprint density at radius 1 is 1.35 bits per heavy atom. The van der Waals surface area contributed by atoms with Crippen molar-refractivity contribution in [2.24, 2.45) is 0 Å². The summed E-state index contributed by atoms with van der Waals surface area (Å²) < 4.78 is 18.3. The lowest BCUT2D eigenvalue weighted by atomic mass is 10.1. The van der Waals surface area contributed by atoms with Gasteiger partial charge in [-0.25, -0.2) is 19.2 Å². The highest BCUT2D eigenvalue weighted by molar-refractivity contribution is 5.89. The van der Waals surface area contributed by atoms with E-state index in [1.54, 1.807) is 6.07 Å². The van der Waals surface area contributed by atoms with E-state index in [2.05, 4.69) is 20.0 Å². The second kappa shape index (κ2) is 6.10. The van der Waals surface area contributed by atoms with E-state index in [1.165, 1.54) is 31.6 Å². The maximum Gasteiger partial charge on any atom is 0.337 e. The van der Waals surface area contributed by atoms with Crippen molar-refractivity contribution in [2.45, 2.75) is 13.5 Å². The molecule has 0 spiro atoms. The third kappa shape index (κ3) is 3.28. The molecular weight excluding hydrogens is 261 g/mol. The van der Waals surface area contributed by atoms with Crippen molar-refractivity contribution in [3.05, 3.63) is 53.2 Å². The maximum absolute atomic E-state index is 13.7. The topological polar surface area (TPSA) is 64.1 Å². The van der Waals surface area contributed by atoms with Crippen molar-refractivity contribution < 1.29 is 13.9 Å². The molecule has 0 fully saturated rings. The second-order valence-electron chi connectivity index (χ2n) is 4.20. The van der Waals surface area contributed by atoms with Crippen molar-refractivity contribution >= 4 is 11.8 Å². The lowest BCUT2D eigenvalue weighted by Gasteiger charge is -2.08. The van der Waals surface area contributed by atoms with E-state index in [9.17, 15) is 9.18 Å². The van der Waals surface area contributed by atoms with Crippen LogP contribution in [-0.4, -0.2) is 23.0 Å². The number of benzene rings is 1. The molecule has 1 heterocycles. The first-order valence-corrected chi connectivity index (χ1v) is 5.99. The summed E-state index contributed by atoms with van der Waals surface area (Å²) in [5.41, 5.74) is 1.49. The third-order valence-corrected chi connectivity index (χ3v) is 2.73. The molecule has 104 valence electrons. The molecule has 0 amide bonds. The molecule has 2 rings (SSSR count). The van der Waals surface area contributed by atoms with Crippen LogP contribution in [0.15, 0.2) is 30.6 Å². The first kappa shape index (κ1) is 13.9.